The van der Waals surface area contributed by atoms with Crippen LogP contribution in [0.3, 0.4) is 0 Å². The molecule has 0 spiro atoms. The zero-order valence-corrected chi connectivity index (χ0v) is 23.7. The molecule has 216 valence electrons. The van der Waals surface area contributed by atoms with Gasteiger partial charge in [-0.15, -0.1) is 15.8 Å². The van der Waals surface area contributed by atoms with E-state index in [2.05, 4.69) is 23.2 Å². The van der Waals surface area contributed by atoms with Gasteiger partial charge < -0.3 is 4.74 Å². The van der Waals surface area contributed by atoms with Crippen molar-refractivity contribution in [3.05, 3.63) is 130 Å². The Balaban J connectivity index is 1.61. The van der Waals surface area contributed by atoms with Crippen LogP contribution in [0.15, 0.2) is 67.3 Å². The number of ether oxygens (including phenoxy) is 1. The third-order valence-corrected chi connectivity index (χ3v) is 6.87. The topological polar surface area (TPSA) is 9.23 Å². The SMILES string of the molecule is C=CCCc1cc(C)c(C#Cc2ccc(-c3cc(C)c(C(F)(F)Oc4cc(F)c(F)c(P)c4)c(F)c3)c(F)c2)c(F)c1. The summed E-state index contributed by atoms with van der Waals surface area (Å²) in [6, 6.07) is 10.2. The van der Waals surface area contributed by atoms with Crippen molar-refractivity contribution in [1.29, 1.82) is 0 Å². The highest BCUT2D eigenvalue weighted by atomic mass is 31.0. The molecule has 42 heavy (non-hydrogen) atoms. The second-order valence-corrected chi connectivity index (χ2v) is 10.2. The van der Waals surface area contributed by atoms with E-state index in [1.165, 1.54) is 25.1 Å². The number of benzene rings is 4. The fraction of sp³-hybridized carbons (Fsp3) is 0.152. The second kappa shape index (κ2) is 12.4. The number of rotatable bonds is 7. The van der Waals surface area contributed by atoms with Gasteiger partial charge in [-0.1, -0.05) is 36.1 Å². The lowest BCUT2D eigenvalue weighted by atomic mass is 9.97. The molecule has 0 aliphatic carbocycles. The van der Waals surface area contributed by atoms with Gasteiger partial charge in [-0.2, -0.15) is 8.78 Å². The summed E-state index contributed by atoms with van der Waals surface area (Å²) in [5.41, 5.74) is 0.312. The van der Waals surface area contributed by atoms with Gasteiger partial charge in [0.2, 0.25) is 0 Å². The summed E-state index contributed by atoms with van der Waals surface area (Å²) in [6.45, 7) is 6.56. The van der Waals surface area contributed by atoms with Gasteiger partial charge in [0.1, 0.15) is 28.8 Å². The van der Waals surface area contributed by atoms with Crippen LogP contribution in [0.5, 0.6) is 5.75 Å². The van der Waals surface area contributed by atoms with E-state index in [1.54, 1.807) is 13.0 Å². The minimum atomic E-state index is -4.26. The molecule has 0 saturated heterocycles. The third kappa shape index (κ3) is 6.69. The lowest BCUT2D eigenvalue weighted by Crippen LogP contribution is -2.25. The Morgan fingerprint density at radius 1 is 0.833 bits per heavy atom. The van der Waals surface area contributed by atoms with E-state index in [1.807, 2.05) is 15.3 Å². The predicted molar refractivity (Wildman–Crippen MR) is 152 cm³/mol. The van der Waals surface area contributed by atoms with Crippen LogP contribution in [0, 0.1) is 54.8 Å². The number of allylic oxidation sites excluding steroid dienone is 1. The maximum atomic E-state index is 15.1. The van der Waals surface area contributed by atoms with E-state index < -0.39 is 46.5 Å². The molecule has 0 aromatic heterocycles. The Bertz CT molecular complexity index is 1680. The van der Waals surface area contributed by atoms with Crippen molar-refractivity contribution in [1.82, 2.24) is 0 Å². The standard InChI is InChI=1S/C33H24F7OP/c1-4-5-6-21-11-18(2)24(26(34)14-21)9-7-20-8-10-25(27(35)13-20)22-12-19(3)31(28(36)15-22)33(39,40)41-23-16-29(37)32(38)30(42)17-23/h4,8,10-17H,1,5-6,42H2,2-3H3. The Hall–Kier alpha value is -4.08. The summed E-state index contributed by atoms with van der Waals surface area (Å²) < 4.78 is 106. The second-order valence-electron chi connectivity index (χ2n) is 9.62. The Morgan fingerprint density at radius 3 is 2.19 bits per heavy atom. The fourth-order valence-corrected chi connectivity index (χ4v) is 4.76. The first-order valence-corrected chi connectivity index (χ1v) is 13.2. The van der Waals surface area contributed by atoms with E-state index in [0.29, 0.717) is 24.5 Å². The minimum absolute atomic E-state index is 0.0290. The first kappa shape index (κ1) is 30.9. The molecule has 1 nitrogen and oxygen atoms in total. The van der Waals surface area contributed by atoms with Gasteiger partial charge in [0.25, 0.3) is 0 Å². The molecular weight excluding hydrogens is 576 g/mol. The highest BCUT2D eigenvalue weighted by Crippen LogP contribution is 2.38. The third-order valence-electron chi connectivity index (χ3n) is 6.45. The molecule has 0 heterocycles. The van der Waals surface area contributed by atoms with Gasteiger partial charge in [0, 0.05) is 22.5 Å². The van der Waals surface area contributed by atoms with Crippen LogP contribution in [0.2, 0.25) is 0 Å². The molecule has 0 fully saturated rings. The number of hydrogen-bond acceptors (Lipinski definition) is 1. The Labute approximate surface area is 241 Å². The number of alkyl halides is 2. The van der Waals surface area contributed by atoms with Crippen molar-refractivity contribution >= 4 is 14.5 Å². The lowest BCUT2D eigenvalue weighted by molar-refractivity contribution is -0.187. The summed E-state index contributed by atoms with van der Waals surface area (Å²) in [5, 5.41) is -0.352. The quantitative estimate of drug-likeness (QED) is 0.0892. The van der Waals surface area contributed by atoms with Gasteiger partial charge >= 0.3 is 6.11 Å². The lowest BCUT2D eigenvalue weighted by Gasteiger charge is -2.21. The van der Waals surface area contributed by atoms with E-state index in [9.17, 15) is 22.0 Å². The van der Waals surface area contributed by atoms with E-state index >= 15 is 8.78 Å². The molecule has 0 aliphatic rings. The number of aryl methyl sites for hydroxylation is 3. The van der Waals surface area contributed by atoms with Gasteiger partial charge in [-0.05, 0) is 79.3 Å². The van der Waals surface area contributed by atoms with Crippen LogP contribution in [0.25, 0.3) is 11.1 Å². The average molecular weight is 601 g/mol. The van der Waals surface area contributed by atoms with Crippen molar-refractivity contribution in [2.75, 3.05) is 0 Å². The van der Waals surface area contributed by atoms with Gasteiger partial charge in [-0.25, -0.2) is 22.0 Å². The molecule has 4 aromatic carbocycles. The van der Waals surface area contributed by atoms with Crippen LogP contribution >= 0.6 is 9.24 Å². The molecule has 0 saturated carbocycles. The molecule has 0 radical (unpaired) electrons. The molecule has 1 unspecified atom stereocenters. The first-order valence-electron chi connectivity index (χ1n) is 12.6. The normalized spacial score (nSPS) is 11.2. The Morgan fingerprint density at radius 2 is 1.57 bits per heavy atom. The highest BCUT2D eigenvalue weighted by molar-refractivity contribution is 7.27. The van der Waals surface area contributed by atoms with Crippen LogP contribution in [0.4, 0.5) is 30.7 Å². The monoisotopic (exact) mass is 600 g/mol. The van der Waals surface area contributed by atoms with Gasteiger partial charge in [0.05, 0.1) is 5.56 Å². The molecule has 9 heteroatoms. The molecule has 1 atom stereocenters. The fourth-order valence-electron chi connectivity index (χ4n) is 4.46. The summed E-state index contributed by atoms with van der Waals surface area (Å²) >= 11 is 0. The van der Waals surface area contributed by atoms with Gasteiger partial charge in [-0.3, -0.25) is 0 Å². The molecule has 0 amide bonds. The van der Waals surface area contributed by atoms with Crippen molar-refractivity contribution < 1.29 is 35.5 Å². The van der Waals surface area contributed by atoms with Crippen molar-refractivity contribution in [3.8, 4) is 28.7 Å². The zero-order valence-electron chi connectivity index (χ0n) is 22.5. The predicted octanol–water partition coefficient (Wildman–Crippen LogP) is 8.81. The maximum Gasteiger partial charge on any atom is 0.429 e. The van der Waals surface area contributed by atoms with Crippen molar-refractivity contribution in [2.24, 2.45) is 0 Å². The molecule has 4 rings (SSSR count). The first-order chi connectivity index (χ1) is 19.8. The molecule has 0 aliphatic heterocycles. The summed E-state index contributed by atoms with van der Waals surface area (Å²) in [6.07, 6.45) is -1.18. The van der Waals surface area contributed by atoms with E-state index in [4.69, 9.17) is 0 Å². The van der Waals surface area contributed by atoms with Crippen LogP contribution in [0.1, 0.15) is 39.8 Å². The molecule has 0 N–H and O–H groups in total. The van der Waals surface area contributed by atoms with Crippen molar-refractivity contribution in [2.45, 2.75) is 32.8 Å². The summed E-state index contributed by atoms with van der Waals surface area (Å²) in [7, 11) is 1.85. The minimum Gasteiger partial charge on any atom is -0.429 e. The molecule has 0 bridgehead atoms. The van der Waals surface area contributed by atoms with Gasteiger partial charge in [0.15, 0.2) is 11.6 Å². The summed E-state index contributed by atoms with van der Waals surface area (Å²) in [4.78, 5) is 0. The van der Waals surface area contributed by atoms with Crippen molar-refractivity contribution in [3.63, 3.8) is 0 Å². The molecule has 4 aromatic rings. The van der Waals surface area contributed by atoms with E-state index in [-0.39, 0.29) is 33.1 Å². The van der Waals surface area contributed by atoms with Crippen LogP contribution in [-0.2, 0) is 12.5 Å². The van der Waals surface area contributed by atoms with Crippen LogP contribution in [-0.4, -0.2) is 0 Å². The van der Waals surface area contributed by atoms with E-state index in [0.717, 1.165) is 29.8 Å². The highest BCUT2D eigenvalue weighted by Gasteiger charge is 2.40. The molecular formula is C33H24F7OP. The van der Waals surface area contributed by atoms with Crippen LogP contribution < -0.4 is 10.0 Å². The number of hydrogen-bond donors (Lipinski definition) is 0. The smallest absolute Gasteiger partial charge is 0.429 e. The zero-order chi connectivity index (χ0) is 30.8. The number of halogens is 7. The largest absolute Gasteiger partial charge is 0.429 e. The summed E-state index contributed by atoms with van der Waals surface area (Å²) in [5.74, 6) is -0.627. The average Bonchev–Trinajstić information content (AvgIpc) is 2.89. The Kier molecular flexibility index (Phi) is 9.13. The maximum absolute atomic E-state index is 15.1.